The average Bonchev–Trinajstić information content (AvgIpc) is 2.49. The zero-order valence-electron chi connectivity index (χ0n) is 15.6. The summed E-state index contributed by atoms with van der Waals surface area (Å²) in [6.07, 6.45) is 9.54. The van der Waals surface area contributed by atoms with Gasteiger partial charge in [-0.1, -0.05) is 46.3 Å². The second-order valence-corrected chi connectivity index (χ2v) is 6.58. The van der Waals surface area contributed by atoms with Crippen LogP contribution in [-0.4, -0.2) is 47.3 Å². The Hall–Kier alpha value is -0.870. The van der Waals surface area contributed by atoms with Crippen molar-refractivity contribution in [2.45, 2.75) is 84.8 Å². The number of nitrogens with zero attached hydrogens (tertiary/aromatic N) is 1. The fourth-order valence-corrected chi connectivity index (χ4v) is 3.60. The molecule has 0 fully saturated rings. The van der Waals surface area contributed by atoms with Crippen LogP contribution in [0.25, 0.3) is 0 Å². The van der Waals surface area contributed by atoms with Crippen LogP contribution < -0.4 is 5.11 Å². The maximum absolute atomic E-state index is 11.7. The Bertz CT molecular complexity index is 336. The monoisotopic (exact) mass is 327 g/mol. The molecule has 0 aliphatic carbocycles. The van der Waals surface area contributed by atoms with E-state index < -0.39 is 18.1 Å². The maximum atomic E-state index is 11.7. The van der Waals surface area contributed by atoms with E-state index in [1.165, 1.54) is 0 Å². The van der Waals surface area contributed by atoms with Crippen molar-refractivity contribution in [2.75, 3.05) is 19.6 Å². The molecule has 23 heavy (non-hydrogen) atoms. The van der Waals surface area contributed by atoms with Crippen LogP contribution in [0.2, 0.25) is 0 Å². The van der Waals surface area contributed by atoms with Crippen molar-refractivity contribution in [3.05, 3.63) is 12.2 Å². The fraction of sp³-hybridized carbons (Fsp3) is 0.842. The van der Waals surface area contributed by atoms with Crippen LogP contribution in [0.5, 0.6) is 0 Å². The molecule has 0 heterocycles. The number of carbonyl (C=O) groups excluding carboxylic acids is 1. The lowest BCUT2D eigenvalue weighted by atomic mass is 10.0. The molecular weight excluding hydrogens is 290 g/mol. The Morgan fingerprint density at radius 3 is 2.09 bits per heavy atom. The summed E-state index contributed by atoms with van der Waals surface area (Å²) in [7, 11) is 0. The molecule has 0 radical (unpaired) electrons. The van der Waals surface area contributed by atoms with Crippen molar-refractivity contribution in [3.8, 4) is 0 Å². The first-order valence-electron chi connectivity index (χ1n) is 9.37. The van der Waals surface area contributed by atoms with Crippen molar-refractivity contribution in [1.29, 1.82) is 0 Å². The summed E-state index contributed by atoms with van der Waals surface area (Å²) >= 11 is 0. The van der Waals surface area contributed by atoms with Gasteiger partial charge in [0.1, 0.15) is 18.7 Å². The lowest BCUT2D eigenvalue weighted by Crippen LogP contribution is -2.64. The molecule has 4 heteroatoms. The molecule has 136 valence electrons. The van der Waals surface area contributed by atoms with Crippen LogP contribution in [0.3, 0.4) is 0 Å². The maximum Gasteiger partial charge on any atom is 0.129 e. The number of carbonyl (C=O) groups is 1. The van der Waals surface area contributed by atoms with E-state index in [2.05, 4.69) is 32.9 Å². The summed E-state index contributed by atoms with van der Waals surface area (Å²) < 4.78 is 0.460. The van der Waals surface area contributed by atoms with E-state index in [-0.39, 0.29) is 0 Å². The molecule has 4 nitrogen and oxygen atoms in total. The predicted octanol–water partition coefficient (Wildman–Crippen LogP) is 2.65. The van der Waals surface area contributed by atoms with Gasteiger partial charge in [0, 0.05) is 6.42 Å². The summed E-state index contributed by atoms with van der Waals surface area (Å²) in [6, 6.07) is -0.513. The number of aliphatic hydroxyl groups excluding tert-OH is 1. The van der Waals surface area contributed by atoms with Gasteiger partial charge < -0.3 is 19.5 Å². The highest BCUT2D eigenvalue weighted by Gasteiger charge is 2.37. The highest BCUT2D eigenvalue weighted by Crippen LogP contribution is 2.22. The van der Waals surface area contributed by atoms with Crippen LogP contribution in [0.15, 0.2) is 12.2 Å². The van der Waals surface area contributed by atoms with Gasteiger partial charge >= 0.3 is 0 Å². The lowest BCUT2D eigenvalue weighted by molar-refractivity contribution is -0.948. The third-order valence-corrected chi connectivity index (χ3v) is 4.48. The van der Waals surface area contributed by atoms with Crippen LogP contribution in [-0.2, 0) is 4.79 Å². The van der Waals surface area contributed by atoms with Crippen molar-refractivity contribution in [2.24, 2.45) is 0 Å². The van der Waals surface area contributed by atoms with E-state index >= 15 is 0 Å². The molecule has 2 unspecified atom stereocenters. The number of carboxylic acid groups (broad SMARTS) is 1. The van der Waals surface area contributed by atoms with Gasteiger partial charge in [-0.2, -0.15) is 0 Å². The second-order valence-electron chi connectivity index (χ2n) is 6.58. The quantitative estimate of drug-likeness (QED) is 0.394. The van der Waals surface area contributed by atoms with Crippen molar-refractivity contribution in [3.63, 3.8) is 0 Å². The molecule has 0 aromatic heterocycles. The minimum atomic E-state index is -0.966. The van der Waals surface area contributed by atoms with Gasteiger partial charge in [-0.25, -0.2) is 0 Å². The normalized spacial score (nSPS) is 15.0. The number of carboxylic acids is 1. The predicted molar refractivity (Wildman–Crippen MR) is 93.8 cm³/mol. The zero-order valence-corrected chi connectivity index (χ0v) is 15.6. The number of aliphatic carboxylic acids is 1. The number of aliphatic hydroxyl groups is 1. The number of allylic oxidation sites excluding steroid dienone is 2. The molecule has 0 aliphatic heterocycles. The van der Waals surface area contributed by atoms with Gasteiger partial charge in [0.05, 0.1) is 19.1 Å². The van der Waals surface area contributed by atoms with E-state index in [9.17, 15) is 15.0 Å². The Morgan fingerprint density at radius 2 is 1.65 bits per heavy atom. The molecule has 0 amide bonds. The molecule has 0 aliphatic rings. The van der Waals surface area contributed by atoms with Gasteiger partial charge in [-0.3, -0.25) is 0 Å². The van der Waals surface area contributed by atoms with E-state index in [1.54, 1.807) is 0 Å². The van der Waals surface area contributed by atoms with Gasteiger partial charge in [0.25, 0.3) is 0 Å². The third-order valence-electron chi connectivity index (χ3n) is 4.48. The van der Waals surface area contributed by atoms with Crippen molar-refractivity contribution in [1.82, 2.24) is 0 Å². The molecule has 0 saturated carbocycles. The summed E-state index contributed by atoms with van der Waals surface area (Å²) in [5, 5.41) is 22.2. The molecule has 0 rings (SSSR count). The van der Waals surface area contributed by atoms with E-state index in [4.69, 9.17) is 0 Å². The van der Waals surface area contributed by atoms with Gasteiger partial charge in [-0.05, 0) is 32.1 Å². The first kappa shape index (κ1) is 22.1. The van der Waals surface area contributed by atoms with Gasteiger partial charge in [0.2, 0.25) is 0 Å². The first-order valence-corrected chi connectivity index (χ1v) is 9.37. The van der Waals surface area contributed by atoms with Crippen LogP contribution in [0.1, 0.15) is 72.6 Å². The van der Waals surface area contributed by atoms with Crippen LogP contribution in [0.4, 0.5) is 0 Å². The Balaban J connectivity index is 5.14. The van der Waals surface area contributed by atoms with Crippen LogP contribution >= 0.6 is 0 Å². The number of hydrogen-bond donors (Lipinski definition) is 1. The molecule has 2 atom stereocenters. The van der Waals surface area contributed by atoms with E-state index in [0.717, 1.165) is 45.2 Å². The molecule has 0 bridgehead atoms. The first-order chi connectivity index (χ1) is 11.0. The number of rotatable bonds is 14. The minimum Gasteiger partial charge on any atom is -0.544 e. The second kappa shape index (κ2) is 12.5. The molecule has 0 saturated heterocycles. The molecule has 0 aromatic carbocycles. The Labute approximate surface area is 142 Å². The number of hydrogen-bond acceptors (Lipinski definition) is 3. The highest BCUT2D eigenvalue weighted by molar-refractivity contribution is 5.69. The summed E-state index contributed by atoms with van der Waals surface area (Å²) in [5.41, 5.74) is 0. The summed E-state index contributed by atoms with van der Waals surface area (Å²) in [5.74, 6) is -0.966. The van der Waals surface area contributed by atoms with E-state index in [1.807, 2.05) is 6.92 Å². The van der Waals surface area contributed by atoms with Crippen molar-refractivity contribution < 1.29 is 19.5 Å². The SMILES string of the molecule is CC/C=C/CCC(O)C[N+](CCC)(CCC)C(CCC)C(=O)[O-]. The lowest BCUT2D eigenvalue weighted by Gasteiger charge is -2.46. The van der Waals surface area contributed by atoms with Crippen LogP contribution in [0, 0.1) is 0 Å². The third kappa shape index (κ3) is 7.98. The zero-order chi connectivity index (χ0) is 17.7. The standard InChI is InChI=1S/C19H37NO3/c1-5-9-10-11-13-17(21)16-20(14-7-3,15-8-4)18(12-6-2)19(22)23/h9-10,17-18,21H,5-8,11-16H2,1-4H3/b10-9+. The topological polar surface area (TPSA) is 60.4 Å². The van der Waals surface area contributed by atoms with Gasteiger partial charge in [0.15, 0.2) is 0 Å². The largest absolute Gasteiger partial charge is 0.544 e. The molecule has 1 N–H and O–H groups in total. The van der Waals surface area contributed by atoms with Gasteiger partial charge in [-0.15, -0.1) is 0 Å². The smallest absolute Gasteiger partial charge is 0.129 e. The minimum absolute atomic E-state index is 0.460. The average molecular weight is 328 g/mol. The van der Waals surface area contributed by atoms with Crippen molar-refractivity contribution >= 4 is 5.97 Å². The van der Waals surface area contributed by atoms with E-state index in [0.29, 0.717) is 23.9 Å². The summed E-state index contributed by atoms with van der Waals surface area (Å²) in [6.45, 7) is 10.3. The molecular formula is C19H37NO3. The Kier molecular flexibility index (Phi) is 12.1. The molecule has 0 aromatic rings. The Morgan fingerprint density at radius 1 is 1.04 bits per heavy atom. The fourth-order valence-electron chi connectivity index (χ4n) is 3.60. The highest BCUT2D eigenvalue weighted by atomic mass is 16.4. The number of quaternary nitrogens is 1. The molecule has 0 spiro atoms. The summed E-state index contributed by atoms with van der Waals surface area (Å²) in [4.78, 5) is 11.7.